The van der Waals surface area contributed by atoms with Gasteiger partial charge in [-0.05, 0) is 31.7 Å². The summed E-state index contributed by atoms with van der Waals surface area (Å²) in [7, 11) is 3.58. The summed E-state index contributed by atoms with van der Waals surface area (Å²) in [6, 6.07) is 5.97. The Balaban J connectivity index is 2.72. The summed E-state index contributed by atoms with van der Waals surface area (Å²) in [5, 5.41) is 3.11. The first kappa shape index (κ1) is 13.8. The Morgan fingerprint density at radius 2 is 1.94 bits per heavy atom. The van der Waals surface area contributed by atoms with E-state index in [-0.39, 0.29) is 0 Å². The van der Waals surface area contributed by atoms with Crippen molar-refractivity contribution in [2.24, 2.45) is 0 Å². The monoisotopic (exact) mass is 239 g/mol. The number of benzene rings is 1. The maximum atomic E-state index is 5.59. The Bertz CT molecular complexity index is 328. The standard InChI is InChI=1S/C13H21NO3/c1-4-16-13-9-11(10-14-2)5-6-12(13)17-8-7-15-3/h5-6,9,14H,4,7-8,10H2,1-3H3. The van der Waals surface area contributed by atoms with Crippen LogP contribution in [0.15, 0.2) is 18.2 Å². The number of methoxy groups -OCH3 is 1. The van der Waals surface area contributed by atoms with Gasteiger partial charge in [-0.1, -0.05) is 6.07 Å². The maximum Gasteiger partial charge on any atom is 0.161 e. The first-order chi connectivity index (χ1) is 8.31. The van der Waals surface area contributed by atoms with E-state index in [1.165, 1.54) is 5.56 Å². The van der Waals surface area contributed by atoms with Crippen molar-refractivity contribution in [2.75, 3.05) is 34.0 Å². The lowest BCUT2D eigenvalue weighted by molar-refractivity contribution is 0.143. The molecule has 0 bridgehead atoms. The van der Waals surface area contributed by atoms with Crippen molar-refractivity contribution in [3.63, 3.8) is 0 Å². The smallest absolute Gasteiger partial charge is 0.161 e. The Kier molecular flexibility index (Phi) is 6.43. The van der Waals surface area contributed by atoms with Crippen molar-refractivity contribution < 1.29 is 14.2 Å². The molecule has 96 valence electrons. The lowest BCUT2D eigenvalue weighted by Crippen LogP contribution is -2.08. The first-order valence-corrected chi connectivity index (χ1v) is 5.83. The predicted octanol–water partition coefficient (Wildman–Crippen LogP) is 1.83. The molecule has 4 nitrogen and oxygen atoms in total. The van der Waals surface area contributed by atoms with Crippen LogP contribution in [0.3, 0.4) is 0 Å². The molecule has 0 amide bonds. The third-order valence-corrected chi connectivity index (χ3v) is 2.23. The minimum absolute atomic E-state index is 0.530. The van der Waals surface area contributed by atoms with E-state index in [2.05, 4.69) is 5.32 Å². The van der Waals surface area contributed by atoms with Crippen LogP contribution >= 0.6 is 0 Å². The van der Waals surface area contributed by atoms with Gasteiger partial charge in [-0.25, -0.2) is 0 Å². The Labute approximate surface area is 103 Å². The molecule has 0 aliphatic carbocycles. The maximum absolute atomic E-state index is 5.59. The Morgan fingerprint density at radius 3 is 2.59 bits per heavy atom. The molecule has 1 aromatic carbocycles. The lowest BCUT2D eigenvalue weighted by atomic mass is 10.2. The fraction of sp³-hybridized carbons (Fsp3) is 0.538. The molecule has 1 rings (SSSR count). The lowest BCUT2D eigenvalue weighted by Gasteiger charge is -2.13. The van der Waals surface area contributed by atoms with Crippen LogP contribution < -0.4 is 14.8 Å². The summed E-state index contributed by atoms with van der Waals surface area (Å²) >= 11 is 0. The van der Waals surface area contributed by atoms with E-state index in [0.29, 0.717) is 19.8 Å². The zero-order chi connectivity index (χ0) is 12.5. The third-order valence-electron chi connectivity index (χ3n) is 2.23. The van der Waals surface area contributed by atoms with Gasteiger partial charge in [0.1, 0.15) is 6.61 Å². The van der Waals surface area contributed by atoms with E-state index >= 15 is 0 Å². The van der Waals surface area contributed by atoms with Gasteiger partial charge in [0.25, 0.3) is 0 Å². The molecular weight excluding hydrogens is 218 g/mol. The van der Waals surface area contributed by atoms with Gasteiger partial charge in [-0.2, -0.15) is 0 Å². The average Bonchev–Trinajstić information content (AvgIpc) is 2.33. The molecular formula is C13H21NO3. The number of hydrogen-bond donors (Lipinski definition) is 1. The summed E-state index contributed by atoms with van der Waals surface area (Å²) in [4.78, 5) is 0. The van der Waals surface area contributed by atoms with E-state index in [4.69, 9.17) is 14.2 Å². The zero-order valence-electron chi connectivity index (χ0n) is 10.8. The summed E-state index contributed by atoms with van der Waals surface area (Å²) in [5.41, 5.74) is 1.18. The number of ether oxygens (including phenoxy) is 3. The summed E-state index contributed by atoms with van der Waals surface area (Å²) in [6.07, 6.45) is 0. The van der Waals surface area contributed by atoms with Gasteiger partial charge in [0.15, 0.2) is 11.5 Å². The molecule has 0 radical (unpaired) electrons. The fourth-order valence-corrected chi connectivity index (χ4v) is 1.49. The highest BCUT2D eigenvalue weighted by atomic mass is 16.5. The van der Waals surface area contributed by atoms with Crippen LogP contribution in [0, 0.1) is 0 Å². The highest BCUT2D eigenvalue weighted by molar-refractivity contribution is 5.43. The van der Waals surface area contributed by atoms with Crippen LogP contribution in [0.5, 0.6) is 11.5 Å². The SMILES string of the molecule is CCOc1cc(CNC)ccc1OCCOC. The van der Waals surface area contributed by atoms with E-state index in [0.717, 1.165) is 18.0 Å². The minimum Gasteiger partial charge on any atom is -0.490 e. The number of rotatable bonds is 8. The van der Waals surface area contributed by atoms with Crippen LogP contribution in [0.2, 0.25) is 0 Å². The molecule has 0 aliphatic rings. The Morgan fingerprint density at radius 1 is 1.12 bits per heavy atom. The quantitative estimate of drug-likeness (QED) is 0.703. The number of hydrogen-bond acceptors (Lipinski definition) is 4. The van der Waals surface area contributed by atoms with Crippen molar-refractivity contribution in [1.82, 2.24) is 5.32 Å². The van der Waals surface area contributed by atoms with Crippen LogP contribution in [-0.2, 0) is 11.3 Å². The molecule has 0 fully saturated rings. The van der Waals surface area contributed by atoms with Crippen molar-refractivity contribution in [3.05, 3.63) is 23.8 Å². The Hall–Kier alpha value is -1.26. The summed E-state index contributed by atoms with van der Waals surface area (Å²) < 4.78 is 16.1. The second-order valence-electron chi connectivity index (χ2n) is 3.59. The minimum atomic E-state index is 0.530. The summed E-state index contributed by atoms with van der Waals surface area (Å²) in [6.45, 7) is 4.51. The van der Waals surface area contributed by atoms with Gasteiger partial charge < -0.3 is 19.5 Å². The molecule has 0 saturated heterocycles. The summed E-state index contributed by atoms with van der Waals surface area (Å²) in [5.74, 6) is 1.56. The van der Waals surface area contributed by atoms with Gasteiger partial charge in [0.2, 0.25) is 0 Å². The normalized spacial score (nSPS) is 10.3. The highest BCUT2D eigenvalue weighted by Crippen LogP contribution is 2.28. The van der Waals surface area contributed by atoms with E-state index in [9.17, 15) is 0 Å². The van der Waals surface area contributed by atoms with Crippen LogP contribution in [0.1, 0.15) is 12.5 Å². The molecule has 0 spiro atoms. The molecule has 0 saturated carbocycles. The molecule has 17 heavy (non-hydrogen) atoms. The first-order valence-electron chi connectivity index (χ1n) is 5.83. The van der Waals surface area contributed by atoms with Crippen molar-refractivity contribution >= 4 is 0 Å². The van der Waals surface area contributed by atoms with Gasteiger partial charge >= 0.3 is 0 Å². The van der Waals surface area contributed by atoms with Gasteiger partial charge in [-0.3, -0.25) is 0 Å². The third kappa shape index (κ3) is 4.63. The largest absolute Gasteiger partial charge is 0.490 e. The zero-order valence-corrected chi connectivity index (χ0v) is 10.8. The van der Waals surface area contributed by atoms with Crippen LogP contribution in [-0.4, -0.2) is 34.0 Å². The van der Waals surface area contributed by atoms with E-state index in [1.54, 1.807) is 7.11 Å². The van der Waals surface area contributed by atoms with Crippen molar-refractivity contribution in [2.45, 2.75) is 13.5 Å². The van der Waals surface area contributed by atoms with Crippen molar-refractivity contribution in [3.8, 4) is 11.5 Å². The molecule has 0 aromatic heterocycles. The highest BCUT2D eigenvalue weighted by Gasteiger charge is 2.06. The second kappa shape index (κ2) is 7.92. The topological polar surface area (TPSA) is 39.7 Å². The molecule has 0 atom stereocenters. The average molecular weight is 239 g/mol. The predicted molar refractivity (Wildman–Crippen MR) is 67.7 cm³/mol. The fourth-order valence-electron chi connectivity index (χ4n) is 1.49. The van der Waals surface area contributed by atoms with Crippen LogP contribution in [0.25, 0.3) is 0 Å². The van der Waals surface area contributed by atoms with Gasteiger partial charge in [0, 0.05) is 13.7 Å². The van der Waals surface area contributed by atoms with Crippen molar-refractivity contribution in [1.29, 1.82) is 0 Å². The second-order valence-corrected chi connectivity index (χ2v) is 3.59. The molecule has 0 heterocycles. The van der Waals surface area contributed by atoms with Gasteiger partial charge in [-0.15, -0.1) is 0 Å². The molecule has 0 unspecified atom stereocenters. The molecule has 1 aromatic rings. The molecule has 1 N–H and O–H groups in total. The number of nitrogens with one attached hydrogen (secondary N) is 1. The van der Waals surface area contributed by atoms with Crippen LogP contribution in [0.4, 0.5) is 0 Å². The van der Waals surface area contributed by atoms with E-state index < -0.39 is 0 Å². The molecule has 0 aliphatic heterocycles. The molecule has 4 heteroatoms. The van der Waals surface area contributed by atoms with Gasteiger partial charge in [0.05, 0.1) is 13.2 Å². The van der Waals surface area contributed by atoms with E-state index in [1.807, 2.05) is 32.2 Å².